The first-order chi connectivity index (χ1) is 9.29. The van der Waals surface area contributed by atoms with E-state index in [2.05, 4.69) is 20.7 Å². The van der Waals surface area contributed by atoms with Crippen LogP contribution in [0, 0.1) is 6.92 Å². The van der Waals surface area contributed by atoms with Crippen LogP contribution in [0.3, 0.4) is 0 Å². The van der Waals surface area contributed by atoms with Crippen LogP contribution in [0.5, 0.6) is 0 Å². The lowest BCUT2D eigenvalue weighted by Crippen LogP contribution is -2.22. The molecule has 0 radical (unpaired) electrons. The van der Waals surface area contributed by atoms with E-state index in [1.54, 1.807) is 0 Å². The standard InChI is InChI=1S/C11H10BrNO4S3/c1-6-2-3-7(18-6)5-13-20(16,17)9-4-8(11(14)15)19-10(9)12/h2-4,13H,5H2,1H3,(H,14,15). The largest absolute Gasteiger partial charge is 0.477 e. The molecule has 0 aliphatic carbocycles. The third-order valence-electron chi connectivity index (χ3n) is 2.39. The van der Waals surface area contributed by atoms with Crippen LogP contribution in [0.25, 0.3) is 0 Å². The Morgan fingerprint density at radius 2 is 2.10 bits per heavy atom. The van der Waals surface area contributed by atoms with E-state index in [4.69, 9.17) is 5.11 Å². The van der Waals surface area contributed by atoms with Crippen LogP contribution in [-0.2, 0) is 16.6 Å². The quantitative estimate of drug-likeness (QED) is 0.814. The lowest BCUT2D eigenvalue weighted by Gasteiger charge is -2.04. The summed E-state index contributed by atoms with van der Waals surface area (Å²) in [6.07, 6.45) is 0. The van der Waals surface area contributed by atoms with Gasteiger partial charge in [-0.2, -0.15) is 0 Å². The fourth-order valence-corrected chi connectivity index (χ4v) is 5.79. The Labute approximate surface area is 132 Å². The molecule has 0 bridgehead atoms. The van der Waals surface area contributed by atoms with Gasteiger partial charge in [-0.15, -0.1) is 22.7 Å². The first-order valence-electron chi connectivity index (χ1n) is 5.37. The molecule has 2 heterocycles. The average Bonchev–Trinajstić information content (AvgIpc) is 2.93. The lowest BCUT2D eigenvalue weighted by atomic mass is 10.4. The van der Waals surface area contributed by atoms with Gasteiger partial charge < -0.3 is 5.11 Å². The van der Waals surface area contributed by atoms with Crippen LogP contribution in [0.15, 0.2) is 26.9 Å². The molecular weight excluding hydrogens is 386 g/mol. The Hall–Kier alpha value is -0.740. The number of aryl methyl sites for hydroxylation is 1. The Morgan fingerprint density at radius 1 is 1.40 bits per heavy atom. The molecular formula is C11H10BrNO4S3. The zero-order valence-corrected chi connectivity index (χ0v) is 14.2. The Kier molecular flexibility index (Phi) is 4.65. The number of rotatable bonds is 5. The zero-order chi connectivity index (χ0) is 14.9. The maximum absolute atomic E-state index is 12.1. The van der Waals surface area contributed by atoms with Crippen molar-refractivity contribution in [2.75, 3.05) is 0 Å². The Balaban J connectivity index is 2.20. The smallest absolute Gasteiger partial charge is 0.345 e. The topological polar surface area (TPSA) is 83.5 Å². The van der Waals surface area contributed by atoms with Crippen LogP contribution < -0.4 is 4.72 Å². The van der Waals surface area contributed by atoms with Crippen LogP contribution in [0.1, 0.15) is 19.4 Å². The van der Waals surface area contributed by atoms with Crippen molar-refractivity contribution in [2.24, 2.45) is 0 Å². The van der Waals surface area contributed by atoms with E-state index in [0.29, 0.717) is 0 Å². The molecule has 0 spiro atoms. The molecule has 0 aliphatic rings. The van der Waals surface area contributed by atoms with Crippen LogP contribution in [0.2, 0.25) is 0 Å². The second kappa shape index (κ2) is 5.94. The predicted molar refractivity (Wildman–Crippen MR) is 82.1 cm³/mol. The molecule has 0 saturated carbocycles. The predicted octanol–water partition coefficient (Wildman–Crippen LogP) is 3.06. The average molecular weight is 396 g/mol. The number of carboxylic acid groups (broad SMARTS) is 1. The van der Waals surface area contributed by atoms with Gasteiger partial charge in [0.1, 0.15) is 9.77 Å². The Morgan fingerprint density at radius 3 is 2.60 bits per heavy atom. The van der Waals surface area contributed by atoms with Crippen molar-refractivity contribution >= 4 is 54.6 Å². The second-order valence-electron chi connectivity index (χ2n) is 3.89. The third-order valence-corrected chi connectivity index (χ3v) is 7.03. The highest BCUT2D eigenvalue weighted by Gasteiger charge is 2.23. The molecule has 0 aromatic carbocycles. The number of halogens is 1. The van der Waals surface area contributed by atoms with Crippen LogP contribution in [-0.4, -0.2) is 19.5 Å². The van der Waals surface area contributed by atoms with Crippen molar-refractivity contribution in [3.63, 3.8) is 0 Å². The third kappa shape index (κ3) is 3.47. The minimum atomic E-state index is -3.74. The fraction of sp³-hybridized carbons (Fsp3) is 0.182. The molecule has 0 aliphatic heterocycles. The number of nitrogens with one attached hydrogen (secondary N) is 1. The normalized spacial score (nSPS) is 11.7. The number of thiophene rings is 2. The van der Waals surface area contributed by atoms with Crippen molar-refractivity contribution < 1.29 is 18.3 Å². The van der Waals surface area contributed by atoms with Gasteiger partial charge in [0.15, 0.2) is 0 Å². The summed E-state index contributed by atoms with van der Waals surface area (Å²) in [5, 5.41) is 8.88. The highest BCUT2D eigenvalue weighted by molar-refractivity contribution is 9.11. The van der Waals surface area contributed by atoms with Gasteiger partial charge in [-0.1, -0.05) is 0 Å². The summed E-state index contributed by atoms with van der Waals surface area (Å²) in [6.45, 7) is 2.13. The molecule has 0 amide bonds. The van der Waals surface area contributed by atoms with Crippen molar-refractivity contribution in [1.29, 1.82) is 0 Å². The molecule has 9 heteroatoms. The maximum Gasteiger partial charge on any atom is 0.345 e. The van der Waals surface area contributed by atoms with E-state index in [1.165, 1.54) is 11.3 Å². The van der Waals surface area contributed by atoms with Crippen molar-refractivity contribution in [3.8, 4) is 0 Å². The summed E-state index contributed by atoms with van der Waals surface area (Å²) < 4.78 is 27.0. The minimum absolute atomic E-state index is 0.0239. The van der Waals surface area contributed by atoms with Gasteiger partial charge >= 0.3 is 5.97 Å². The lowest BCUT2D eigenvalue weighted by molar-refractivity contribution is 0.0702. The summed E-state index contributed by atoms with van der Waals surface area (Å²) in [5.41, 5.74) is 0. The second-order valence-corrected chi connectivity index (χ2v) is 9.37. The summed E-state index contributed by atoms with van der Waals surface area (Å²) in [7, 11) is -3.74. The van der Waals surface area contributed by atoms with E-state index in [1.807, 2.05) is 19.1 Å². The molecule has 5 nitrogen and oxygen atoms in total. The van der Waals surface area contributed by atoms with Gasteiger partial charge in [0.25, 0.3) is 0 Å². The maximum atomic E-state index is 12.1. The van der Waals surface area contributed by atoms with Crippen molar-refractivity contribution in [1.82, 2.24) is 4.72 Å². The molecule has 0 fully saturated rings. The molecule has 0 atom stereocenters. The van der Waals surface area contributed by atoms with Gasteiger partial charge in [-0.05, 0) is 41.1 Å². The number of hydrogen-bond acceptors (Lipinski definition) is 5. The van der Waals surface area contributed by atoms with Crippen molar-refractivity contribution in [2.45, 2.75) is 18.4 Å². The summed E-state index contributed by atoms with van der Waals surface area (Å²) in [5.74, 6) is -1.15. The number of carbonyl (C=O) groups is 1. The van der Waals surface area contributed by atoms with E-state index < -0.39 is 16.0 Å². The number of carboxylic acids is 1. The minimum Gasteiger partial charge on any atom is -0.477 e. The monoisotopic (exact) mass is 395 g/mol. The molecule has 2 aromatic rings. The number of aromatic carboxylic acids is 1. The first kappa shape index (κ1) is 15.6. The molecule has 0 unspecified atom stereocenters. The zero-order valence-electron chi connectivity index (χ0n) is 10.2. The van der Waals surface area contributed by atoms with E-state index in [0.717, 1.165) is 27.2 Å². The first-order valence-corrected chi connectivity index (χ1v) is 9.28. The SMILES string of the molecule is Cc1ccc(CNS(=O)(=O)c2cc(C(=O)O)sc2Br)s1. The highest BCUT2D eigenvalue weighted by atomic mass is 79.9. The Bertz CT molecular complexity index is 748. The van der Waals surface area contributed by atoms with Crippen molar-refractivity contribution in [3.05, 3.63) is 36.6 Å². The van der Waals surface area contributed by atoms with Gasteiger partial charge in [-0.25, -0.2) is 17.9 Å². The van der Waals surface area contributed by atoms with E-state index in [-0.39, 0.29) is 20.1 Å². The molecule has 2 aromatic heterocycles. The fourth-order valence-electron chi connectivity index (χ4n) is 1.46. The van der Waals surface area contributed by atoms with E-state index in [9.17, 15) is 13.2 Å². The van der Waals surface area contributed by atoms with Gasteiger partial charge in [0.05, 0.1) is 3.79 Å². The van der Waals surface area contributed by atoms with Gasteiger partial charge in [0.2, 0.25) is 10.0 Å². The highest BCUT2D eigenvalue weighted by Crippen LogP contribution is 2.31. The summed E-state index contributed by atoms with van der Waals surface area (Å²) in [4.78, 5) is 12.8. The molecule has 0 saturated heterocycles. The van der Waals surface area contributed by atoms with E-state index >= 15 is 0 Å². The molecule has 20 heavy (non-hydrogen) atoms. The molecule has 2 N–H and O–H groups in total. The van der Waals surface area contributed by atoms with Gasteiger partial charge in [0, 0.05) is 16.3 Å². The van der Waals surface area contributed by atoms with Crippen LogP contribution >= 0.6 is 38.6 Å². The summed E-state index contributed by atoms with van der Waals surface area (Å²) in [6, 6.07) is 4.92. The number of sulfonamides is 1. The molecule has 2 rings (SSSR count). The summed E-state index contributed by atoms with van der Waals surface area (Å²) >= 11 is 5.47. The molecule has 108 valence electrons. The van der Waals surface area contributed by atoms with Crippen LogP contribution in [0.4, 0.5) is 0 Å². The number of hydrogen-bond donors (Lipinski definition) is 2. The van der Waals surface area contributed by atoms with Gasteiger partial charge in [-0.3, -0.25) is 0 Å².